The van der Waals surface area contributed by atoms with Gasteiger partial charge in [-0.15, -0.1) is 0 Å². The summed E-state index contributed by atoms with van der Waals surface area (Å²) in [5, 5.41) is 15.0. The molecular weight excluding hydrogens is 256 g/mol. The van der Waals surface area contributed by atoms with Crippen LogP contribution in [0.4, 0.5) is 0 Å². The molecule has 0 saturated heterocycles. The van der Waals surface area contributed by atoms with Gasteiger partial charge in [0, 0.05) is 24.7 Å². The van der Waals surface area contributed by atoms with E-state index < -0.39 is 5.97 Å². The number of benzene rings is 1. The molecule has 5 nitrogen and oxygen atoms in total. The predicted octanol–water partition coefficient (Wildman–Crippen LogP) is 1.27. The van der Waals surface area contributed by atoms with E-state index in [2.05, 4.69) is 10.6 Å². The highest BCUT2D eigenvalue weighted by Gasteiger charge is 2.33. The van der Waals surface area contributed by atoms with Gasteiger partial charge in [-0.25, -0.2) is 0 Å². The van der Waals surface area contributed by atoms with Crippen molar-refractivity contribution in [2.45, 2.75) is 38.4 Å². The number of rotatable bonds is 5. The second kappa shape index (κ2) is 5.25. The van der Waals surface area contributed by atoms with Gasteiger partial charge < -0.3 is 15.7 Å². The van der Waals surface area contributed by atoms with E-state index in [4.69, 9.17) is 5.11 Å². The smallest absolute Gasteiger partial charge is 0.305 e. The van der Waals surface area contributed by atoms with Crippen molar-refractivity contribution >= 4 is 11.9 Å². The van der Waals surface area contributed by atoms with E-state index in [-0.39, 0.29) is 18.4 Å². The molecule has 5 heteroatoms. The number of hydrogen-bond donors (Lipinski definition) is 3. The van der Waals surface area contributed by atoms with Crippen LogP contribution < -0.4 is 10.6 Å². The number of aliphatic carboxylic acids is 1. The van der Waals surface area contributed by atoms with Gasteiger partial charge in [-0.1, -0.05) is 6.07 Å². The lowest BCUT2D eigenvalue weighted by atomic mass is 10.0. The van der Waals surface area contributed by atoms with Crippen LogP contribution in [0.2, 0.25) is 0 Å². The van der Waals surface area contributed by atoms with Gasteiger partial charge in [0.05, 0.1) is 6.42 Å². The summed E-state index contributed by atoms with van der Waals surface area (Å²) < 4.78 is 0. The first-order valence-electron chi connectivity index (χ1n) is 6.98. The Bertz CT molecular complexity index is 552. The van der Waals surface area contributed by atoms with Gasteiger partial charge in [-0.3, -0.25) is 9.59 Å². The molecule has 1 aromatic rings. The third-order valence-electron chi connectivity index (χ3n) is 4.00. The van der Waals surface area contributed by atoms with Crippen LogP contribution >= 0.6 is 0 Å². The predicted molar refractivity (Wildman–Crippen MR) is 73.2 cm³/mol. The Morgan fingerprint density at radius 2 is 2.05 bits per heavy atom. The molecule has 1 amide bonds. The number of hydrogen-bond acceptors (Lipinski definition) is 3. The summed E-state index contributed by atoms with van der Waals surface area (Å²) in [6.07, 6.45) is 2.02. The van der Waals surface area contributed by atoms with Gasteiger partial charge in [-0.2, -0.15) is 0 Å². The Labute approximate surface area is 117 Å². The number of carboxylic acids is 1. The van der Waals surface area contributed by atoms with Crippen LogP contribution in [0.1, 0.15) is 40.7 Å². The molecule has 1 fully saturated rings. The molecule has 0 spiro atoms. The Morgan fingerprint density at radius 3 is 2.75 bits per heavy atom. The zero-order valence-corrected chi connectivity index (χ0v) is 11.2. The van der Waals surface area contributed by atoms with Crippen molar-refractivity contribution in [1.29, 1.82) is 0 Å². The molecule has 2 aliphatic rings. The van der Waals surface area contributed by atoms with E-state index in [1.807, 2.05) is 18.2 Å². The van der Waals surface area contributed by atoms with E-state index in [1.54, 1.807) is 0 Å². The number of nitrogens with one attached hydrogen (secondary N) is 2. The molecule has 1 saturated carbocycles. The highest BCUT2D eigenvalue weighted by molar-refractivity contribution is 5.95. The van der Waals surface area contributed by atoms with Crippen LogP contribution in [-0.4, -0.2) is 23.0 Å². The topological polar surface area (TPSA) is 78.4 Å². The largest absolute Gasteiger partial charge is 0.481 e. The molecule has 1 atom stereocenters. The minimum atomic E-state index is -0.861. The van der Waals surface area contributed by atoms with Crippen LogP contribution in [0.3, 0.4) is 0 Å². The first kappa shape index (κ1) is 13.1. The lowest BCUT2D eigenvalue weighted by Gasteiger charge is -2.16. The number of carbonyl (C=O) groups is 2. The number of carboxylic acid groups (broad SMARTS) is 1. The third-order valence-corrected chi connectivity index (χ3v) is 4.00. The molecule has 0 aromatic heterocycles. The fourth-order valence-electron chi connectivity index (χ4n) is 2.71. The highest BCUT2D eigenvalue weighted by atomic mass is 16.4. The molecule has 3 N–H and O–H groups in total. The molecule has 0 bridgehead atoms. The summed E-state index contributed by atoms with van der Waals surface area (Å²) in [6.45, 7) is 1.64. The van der Waals surface area contributed by atoms with Crippen LogP contribution in [0.15, 0.2) is 18.2 Å². The summed E-state index contributed by atoms with van der Waals surface area (Å²) in [7, 11) is 0. The van der Waals surface area contributed by atoms with E-state index in [0.717, 1.165) is 31.5 Å². The monoisotopic (exact) mass is 274 g/mol. The zero-order valence-electron chi connectivity index (χ0n) is 11.2. The molecular formula is C15H18N2O3. The van der Waals surface area contributed by atoms with E-state index >= 15 is 0 Å². The van der Waals surface area contributed by atoms with Crippen molar-refractivity contribution in [3.63, 3.8) is 0 Å². The maximum Gasteiger partial charge on any atom is 0.305 e. The van der Waals surface area contributed by atoms with Gasteiger partial charge >= 0.3 is 5.97 Å². The summed E-state index contributed by atoms with van der Waals surface area (Å²) in [5.74, 6) is -0.704. The third kappa shape index (κ3) is 2.82. The lowest BCUT2D eigenvalue weighted by Crippen LogP contribution is -2.38. The van der Waals surface area contributed by atoms with Crippen molar-refractivity contribution < 1.29 is 14.7 Å². The maximum atomic E-state index is 12.2. The Morgan fingerprint density at radius 1 is 1.30 bits per heavy atom. The molecule has 106 valence electrons. The molecule has 3 rings (SSSR count). The summed E-state index contributed by atoms with van der Waals surface area (Å²) in [6, 6.07) is 5.43. The molecule has 20 heavy (non-hydrogen) atoms. The SMILES string of the molecule is O=C(O)CC(NC(=O)c1ccc2c(c1)CNC2)C1CC1. The van der Waals surface area contributed by atoms with Crippen LogP contribution in [0, 0.1) is 5.92 Å². The fourth-order valence-corrected chi connectivity index (χ4v) is 2.71. The average molecular weight is 274 g/mol. The lowest BCUT2D eigenvalue weighted by molar-refractivity contribution is -0.137. The highest BCUT2D eigenvalue weighted by Crippen LogP contribution is 2.34. The molecule has 1 unspecified atom stereocenters. The van der Waals surface area contributed by atoms with Gasteiger partial charge in [-0.05, 0) is 42.0 Å². The van der Waals surface area contributed by atoms with Gasteiger partial charge in [0.25, 0.3) is 5.91 Å². The molecule has 1 aliphatic heterocycles. The second-order valence-corrected chi connectivity index (χ2v) is 5.60. The summed E-state index contributed by atoms with van der Waals surface area (Å²) in [4.78, 5) is 23.1. The summed E-state index contributed by atoms with van der Waals surface area (Å²) >= 11 is 0. The first-order chi connectivity index (χ1) is 9.63. The Kier molecular flexibility index (Phi) is 3.44. The fraction of sp³-hybridized carbons (Fsp3) is 0.467. The second-order valence-electron chi connectivity index (χ2n) is 5.60. The minimum Gasteiger partial charge on any atom is -0.481 e. The number of amides is 1. The number of fused-ring (bicyclic) bond motifs is 1. The van der Waals surface area contributed by atoms with E-state index in [1.165, 1.54) is 5.56 Å². The molecule has 0 radical (unpaired) electrons. The molecule has 1 aliphatic carbocycles. The van der Waals surface area contributed by atoms with Crippen molar-refractivity contribution in [2.75, 3.05) is 0 Å². The quantitative estimate of drug-likeness (QED) is 0.755. The normalized spacial score (nSPS) is 18.4. The van der Waals surface area contributed by atoms with Crippen molar-refractivity contribution in [1.82, 2.24) is 10.6 Å². The standard InChI is InChI=1S/C15H18N2O3/c18-14(19)6-13(9-1-2-9)17-15(20)10-3-4-11-7-16-8-12(11)5-10/h3-5,9,13,16H,1-2,6-8H2,(H,17,20)(H,18,19). The van der Waals surface area contributed by atoms with Gasteiger partial charge in [0.1, 0.15) is 0 Å². The van der Waals surface area contributed by atoms with E-state index in [0.29, 0.717) is 11.5 Å². The Hall–Kier alpha value is -1.88. The van der Waals surface area contributed by atoms with Crippen molar-refractivity contribution in [3.05, 3.63) is 34.9 Å². The van der Waals surface area contributed by atoms with Gasteiger partial charge in [0.2, 0.25) is 0 Å². The summed E-state index contributed by atoms with van der Waals surface area (Å²) in [5.41, 5.74) is 2.99. The zero-order chi connectivity index (χ0) is 14.1. The number of carbonyl (C=O) groups excluding carboxylic acids is 1. The van der Waals surface area contributed by atoms with Crippen LogP contribution in [-0.2, 0) is 17.9 Å². The molecule has 1 heterocycles. The van der Waals surface area contributed by atoms with E-state index in [9.17, 15) is 9.59 Å². The van der Waals surface area contributed by atoms with Crippen LogP contribution in [0.25, 0.3) is 0 Å². The van der Waals surface area contributed by atoms with Crippen molar-refractivity contribution in [3.8, 4) is 0 Å². The van der Waals surface area contributed by atoms with Crippen molar-refractivity contribution in [2.24, 2.45) is 5.92 Å². The van der Waals surface area contributed by atoms with Crippen LogP contribution in [0.5, 0.6) is 0 Å². The Balaban J connectivity index is 1.70. The minimum absolute atomic E-state index is 0.00288. The average Bonchev–Trinajstić information content (AvgIpc) is 3.15. The maximum absolute atomic E-state index is 12.2. The molecule has 1 aromatic carbocycles. The van der Waals surface area contributed by atoms with Gasteiger partial charge in [0.15, 0.2) is 0 Å². The first-order valence-corrected chi connectivity index (χ1v) is 6.98.